The first-order valence-corrected chi connectivity index (χ1v) is 7.93. The van der Waals surface area contributed by atoms with Crippen molar-refractivity contribution in [1.29, 1.82) is 0 Å². The van der Waals surface area contributed by atoms with Gasteiger partial charge >= 0.3 is 0 Å². The van der Waals surface area contributed by atoms with Crippen molar-refractivity contribution < 1.29 is 4.79 Å². The Kier molecular flexibility index (Phi) is 4.19. The maximum Gasteiger partial charge on any atom is 0.220 e. The van der Waals surface area contributed by atoms with E-state index < -0.39 is 0 Å². The second-order valence-corrected chi connectivity index (χ2v) is 6.39. The summed E-state index contributed by atoms with van der Waals surface area (Å²) < 4.78 is 0. The van der Waals surface area contributed by atoms with Gasteiger partial charge in [-0.2, -0.15) is 0 Å². The van der Waals surface area contributed by atoms with Crippen molar-refractivity contribution in [3.05, 3.63) is 23.8 Å². The number of fused-ring (bicyclic) bond motifs is 1. The molecular weight excluding hydrogens is 264 g/mol. The zero-order chi connectivity index (χ0) is 14.8. The number of rotatable bonds is 4. The molecular formula is C16H24N4O. The van der Waals surface area contributed by atoms with Gasteiger partial charge in [0.05, 0.1) is 5.69 Å². The van der Waals surface area contributed by atoms with Gasteiger partial charge in [-0.3, -0.25) is 9.69 Å². The fraction of sp³-hybridized carbons (Fsp3) is 0.688. The van der Waals surface area contributed by atoms with Gasteiger partial charge in [0.2, 0.25) is 5.91 Å². The maximum absolute atomic E-state index is 11.5. The summed E-state index contributed by atoms with van der Waals surface area (Å²) in [7, 11) is 2.17. The average Bonchev–Trinajstić information content (AvgIpc) is 2.90. The molecule has 0 unspecified atom stereocenters. The molecule has 5 heteroatoms. The molecule has 5 nitrogen and oxygen atoms in total. The minimum Gasteiger partial charge on any atom is -0.356 e. The number of aryl methyl sites for hydroxylation is 1. The van der Waals surface area contributed by atoms with Gasteiger partial charge in [0, 0.05) is 38.2 Å². The number of aromatic nitrogens is 2. The molecule has 0 radical (unpaired) electrons. The van der Waals surface area contributed by atoms with Crippen LogP contribution >= 0.6 is 0 Å². The first-order valence-electron chi connectivity index (χ1n) is 7.93. The lowest BCUT2D eigenvalue weighted by molar-refractivity contribution is -0.124. The van der Waals surface area contributed by atoms with E-state index in [-0.39, 0.29) is 5.91 Å². The highest BCUT2D eigenvalue weighted by Crippen LogP contribution is 2.38. The number of nitrogens with zero attached hydrogens (tertiary/aromatic N) is 3. The van der Waals surface area contributed by atoms with E-state index >= 15 is 0 Å². The number of hydrogen-bond acceptors (Lipinski definition) is 4. The van der Waals surface area contributed by atoms with E-state index in [2.05, 4.69) is 34.2 Å². The van der Waals surface area contributed by atoms with Crippen LogP contribution in [0.4, 0.5) is 0 Å². The van der Waals surface area contributed by atoms with Crippen LogP contribution < -0.4 is 5.32 Å². The normalized spacial score (nSPS) is 28.5. The van der Waals surface area contributed by atoms with Crippen LogP contribution in [-0.4, -0.2) is 40.4 Å². The monoisotopic (exact) mass is 288 g/mol. The average molecular weight is 288 g/mol. The van der Waals surface area contributed by atoms with Gasteiger partial charge in [-0.1, -0.05) is 6.92 Å². The molecule has 21 heavy (non-hydrogen) atoms. The molecule has 114 valence electrons. The highest BCUT2D eigenvalue weighted by atomic mass is 16.1. The molecule has 1 saturated heterocycles. The van der Waals surface area contributed by atoms with Crippen molar-refractivity contribution in [1.82, 2.24) is 20.2 Å². The van der Waals surface area contributed by atoms with Crippen molar-refractivity contribution in [2.24, 2.45) is 11.8 Å². The Morgan fingerprint density at radius 1 is 1.38 bits per heavy atom. The van der Waals surface area contributed by atoms with Gasteiger partial charge in [0.1, 0.15) is 5.82 Å². The Bertz CT molecular complexity index is 519. The van der Waals surface area contributed by atoms with Crippen LogP contribution in [0.15, 0.2) is 12.3 Å². The van der Waals surface area contributed by atoms with E-state index in [1.165, 1.54) is 6.42 Å². The lowest BCUT2D eigenvalue weighted by Gasteiger charge is -2.24. The van der Waals surface area contributed by atoms with Crippen LogP contribution in [0.25, 0.3) is 0 Å². The number of nitrogens with one attached hydrogen (secondary N) is 1. The number of carbonyl (C=O) groups is 1. The van der Waals surface area contributed by atoms with E-state index in [0.717, 1.165) is 37.4 Å². The number of hydrogen-bond donors (Lipinski definition) is 1. The van der Waals surface area contributed by atoms with Crippen LogP contribution in [-0.2, 0) is 17.8 Å². The van der Waals surface area contributed by atoms with Gasteiger partial charge in [-0.25, -0.2) is 9.97 Å². The van der Waals surface area contributed by atoms with Gasteiger partial charge in [0.25, 0.3) is 0 Å². The third kappa shape index (κ3) is 3.23. The molecule has 0 bridgehead atoms. The van der Waals surface area contributed by atoms with Crippen molar-refractivity contribution in [3.8, 4) is 0 Å². The third-order valence-corrected chi connectivity index (χ3v) is 4.94. The summed E-state index contributed by atoms with van der Waals surface area (Å²) in [6.07, 6.45) is 5.76. The van der Waals surface area contributed by atoms with Crippen molar-refractivity contribution in [2.75, 3.05) is 13.6 Å². The molecule has 1 aliphatic heterocycles. The Hall–Kier alpha value is -1.49. The van der Waals surface area contributed by atoms with Crippen LogP contribution in [0.3, 0.4) is 0 Å². The predicted octanol–water partition coefficient (Wildman–Crippen LogP) is 1.39. The van der Waals surface area contributed by atoms with Gasteiger partial charge in [-0.05, 0) is 37.8 Å². The van der Waals surface area contributed by atoms with E-state index in [0.29, 0.717) is 24.3 Å². The largest absolute Gasteiger partial charge is 0.356 e. The smallest absolute Gasteiger partial charge is 0.220 e. The standard InChI is InChI=1S/C16H24N4O/c1-3-15-17-5-4-13(19-15)10-20(2)14-6-11-8-16(21)18-9-12(11)7-14/h4-5,11-12,14H,3,6-10H2,1-2H3,(H,18,21)/t11-,12+,14-/m1/s1. The topological polar surface area (TPSA) is 58.1 Å². The molecule has 1 saturated carbocycles. The lowest BCUT2D eigenvalue weighted by atomic mass is 9.89. The summed E-state index contributed by atoms with van der Waals surface area (Å²) in [5.74, 6) is 2.37. The third-order valence-electron chi connectivity index (χ3n) is 4.94. The van der Waals surface area contributed by atoms with Crippen molar-refractivity contribution in [2.45, 2.75) is 45.2 Å². The van der Waals surface area contributed by atoms with Gasteiger partial charge in [0.15, 0.2) is 0 Å². The van der Waals surface area contributed by atoms with E-state index in [1.54, 1.807) is 0 Å². The molecule has 1 N–H and O–H groups in total. The molecule has 1 amide bonds. The lowest BCUT2D eigenvalue weighted by Crippen LogP contribution is -2.38. The summed E-state index contributed by atoms with van der Waals surface area (Å²) >= 11 is 0. The van der Waals surface area contributed by atoms with Crippen LogP contribution in [0.2, 0.25) is 0 Å². The van der Waals surface area contributed by atoms with Crippen LogP contribution in [0.5, 0.6) is 0 Å². The summed E-state index contributed by atoms with van der Waals surface area (Å²) in [6, 6.07) is 2.57. The highest BCUT2D eigenvalue weighted by Gasteiger charge is 2.39. The highest BCUT2D eigenvalue weighted by molar-refractivity contribution is 5.77. The molecule has 2 heterocycles. The molecule has 2 aliphatic rings. The number of carbonyl (C=O) groups excluding carboxylic acids is 1. The summed E-state index contributed by atoms with van der Waals surface area (Å²) in [5.41, 5.74) is 1.09. The second-order valence-electron chi connectivity index (χ2n) is 6.39. The van der Waals surface area contributed by atoms with Crippen LogP contribution in [0.1, 0.15) is 37.7 Å². The minimum atomic E-state index is 0.225. The fourth-order valence-electron chi connectivity index (χ4n) is 3.68. The SMILES string of the molecule is CCc1nccc(CN(C)[C@H]2C[C@H]3CNC(=O)C[C@H]3C2)n1. The Morgan fingerprint density at radius 2 is 2.19 bits per heavy atom. The molecule has 0 aromatic carbocycles. The summed E-state index contributed by atoms with van der Waals surface area (Å²) in [5, 5.41) is 3.00. The number of amides is 1. The Labute approximate surface area is 126 Å². The van der Waals surface area contributed by atoms with Crippen LogP contribution in [0, 0.1) is 11.8 Å². The molecule has 3 rings (SSSR count). The summed E-state index contributed by atoms with van der Waals surface area (Å²) in [6.45, 7) is 3.80. The number of piperidine rings is 1. The molecule has 2 fully saturated rings. The first-order chi connectivity index (χ1) is 10.2. The quantitative estimate of drug-likeness (QED) is 0.909. The Morgan fingerprint density at radius 3 is 3.00 bits per heavy atom. The maximum atomic E-state index is 11.5. The fourth-order valence-corrected chi connectivity index (χ4v) is 3.68. The Balaban J connectivity index is 1.61. The molecule has 1 aromatic rings. The minimum absolute atomic E-state index is 0.225. The van der Waals surface area contributed by atoms with Gasteiger partial charge < -0.3 is 5.32 Å². The zero-order valence-electron chi connectivity index (χ0n) is 12.9. The first kappa shape index (κ1) is 14.4. The van der Waals surface area contributed by atoms with Gasteiger partial charge in [-0.15, -0.1) is 0 Å². The van der Waals surface area contributed by atoms with E-state index in [4.69, 9.17) is 0 Å². The van der Waals surface area contributed by atoms with Crippen molar-refractivity contribution in [3.63, 3.8) is 0 Å². The second kappa shape index (κ2) is 6.10. The molecule has 1 aliphatic carbocycles. The zero-order valence-corrected chi connectivity index (χ0v) is 12.9. The van der Waals surface area contributed by atoms with E-state index in [9.17, 15) is 4.79 Å². The summed E-state index contributed by atoms with van der Waals surface area (Å²) in [4.78, 5) is 22.7. The molecule has 1 aromatic heterocycles. The van der Waals surface area contributed by atoms with Crippen molar-refractivity contribution >= 4 is 5.91 Å². The predicted molar refractivity (Wildman–Crippen MR) is 80.5 cm³/mol. The molecule has 3 atom stereocenters. The molecule has 0 spiro atoms. The van der Waals surface area contributed by atoms with E-state index in [1.807, 2.05) is 12.3 Å².